The molecule has 16 heteroatoms. The maximum Gasteiger partial charge on any atom is 0.357 e. The number of unbranched alkanes of at least 4 members (excludes halogenated alkanes) is 2. The van der Waals surface area contributed by atoms with E-state index in [2.05, 4.69) is 21.2 Å². The molecule has 0 saturated heterocycles. The second kappa shape index (κ2) is 14.3. The molecule has 198 valence electrons. The number of non-ortho nitro benzene ring substituents is 1. The first-order valence-corrected chi connectivity index (χ1v) is 13.9. The van der Waals surface area contributed by atoms with Crippen molar-refractivity contribution in [3.8, 4) is 0 Å². The van der Waals surface area contributed by atoms with E-state index in [0.29, 0.717) is 18.9 Å². The molecule has 0 heterocycles. The van der Waals surface area contributed by atoms with Gasteiger partial charge in [-0.3, -0.25) is 24.8 Å². The molecule has 0 fully saturated rings. The number of amides is 2. The van der Waals surface area contributed by atoms with Crippen LogP contribution in [0.4, 0.5) is 21.9 Å². The number of carbonyl (C=O) groups is 1. The quantitative estimate of drug-likeness (QED) is 0.0719. The number of nitro benzene ring substituents is 2. The number of nitrogens with zero attached hydrogens (tertiary/aromatic N) is 3. The summed E-state index contributed by atoms with van der Waals surface area (Å²) in [6, 6.07) is 1.78. The van der Waals surface area contributed by atoms with Crippen molar-refractivity contribution in [2.45, 2.75) is 55.5 Å². The molecule has 0 radical (unpaired) electrons. The highest BCUT2D eigenvalue weighted by Crippen LogP contribution is 2.62. The number of hydrogen-bond donors (Lipinski definition) is 1. The summed E-state index contributed by atoms with van der Waals surface area (Å²) in [4.78, 5) is 34.9. The number of halogens is 3. The van der Waals surface area contributed by atoms with Crippen molar-refractivity contribution >= 4 is 69.8 Å². The molecule has 1 unspecified atom stereocenters. The fraction of sp³-hybridized carbons (Fsp3) is 0.632. The van der Waals surface area contributed by atoms with Crippen LogP contribution in [0.2, 0.25) is 0 Å². The predicted molar refractivity (Wildman–Crippen MR) is 138 cm³/mol. The normalized spacial score (nSPS) is 12.7. The summed E-state index contributed by atoms with van der Waals surface area (Å²) in [5.41, 5.74) is -1.55. The lowest BCUT2D eigenvalue weighted by Crippen LogP contribution is -2.49. The van der Waals surface area contributed by atoms with Crippen LogP contribution in [0, 0.1) is 20.2 Å². The molecule has 0 aliphatic rings. The molecule has 1 N–H and O–H groups in total. The second-order valence-corrected chi connectivity index (χ2v) is 12.9. The lowest BCUT2D eigenvalue weighted by Gasteiger charge is -2.39. The van der Waals surface area contributed by atoms with Crippen LogP contribution in [0.3, 0.4) is 0 Å². The molecule has 1 aromatic carbocycles. The molecule has 1 rings (SSSR count). The number of urea groups is 1. The van der Waals surface area contributed by atoms with Gasteiger partial charge in [0, 0.05) is 12.6 Å². The van der Waals surface area contributed by atoms with E-state index >= 15 is 0 Å². The van der Waals surface area contributed by atoms with Crippen molar-refractivity contribution in [1.29, 1.82) is 0 Å². The third-order valence-corrected chi connectivity index (χ3v) is 8.51. The Hall–Kier alpha value is -1.50. The maximum atomic E-state index is 13.9. The standard InChI is InChI=1S/C19H28BrCl2N4O8P/c1-4-7-11-33-35(32,34-12-8-5-2)17(19(20,21)22)24(6-3)18(27)23-15-10-9-14(25(28)29)13-16(15)26(30)31/h9-10,13,17H,4-8,11-12H2,1-3H3,(H,23,27). The minimum Gasteiger partial charge on any atom is -0.307 e. The first kappa shape index (κ1) is 31.5. The van der Waals surface area contributed by atoms with E-state index in [9.17, 15) is 29.6 Å². The summed E-state index contributed by atoms with van der Waals surface area (Å²) < 4.78 is 23.2. The molecule has 0 aliphatic heterocycles. The van der Waals surface area contributed by atoms with Crippen molar-refractivity contribution < 1.29 is 28.3 Å². The Morgan fingerprint density at radius 2 is 1.69 bits per heavy atom. The first-order chi connectivity index (χ1) is 16.3. The molecule has 12 nitrogen and oxygen atoms in total. The van der Waals surface area contributed by atoms with Gasteiger partial charge in [-0.25, -0.2) is 4.79 Å². The third-order valence-electron chi connectivity index (χ3n) is 4.66. The molecule has 0 spiro atoms. The van der Waals surface area contributed by atoms with Crippen LogP contribution in [-0.4, -0.2) is 49.6 Å². The number of benzene rings is 1. The SMILES string of the molecule is CCCCOP(=O)(OCCCC)C(N(CC)C(=O)Nc1ccc([N+](=O)[O-])cc1[N+](=O)[O-])C(Cl)(Cl)Br. The highest BCUT2D eigenvalue weighted by Gasteiger charge is 2.53. The monoisotopic (exact) mass is 620 g/mol. The summed E-state index contributed by atoms with van der Waals surface area (Å²) in [6.45, 7) is 5.38. The zero-order chi connectivity index (χ0) is 26.8. The van der Waals surface area contributed by atoms with Crippen LogP contribution < -0.4 is 5.32 Å². The Morgan fingerprint density at radius 3 is 2.09 bits per heavy atom. The number of hydrogen-bond acceptors (Lipinski definition) is 8. The van der Waals surface area contributed by atoms with Crippen LogP contribution in [0.25, 0.3) is 0 Å². The number of nitro groups is 2. The molecule has 0 aromatic heterocycles. The second-order valence-electron chi connectivity index (χ2n) is 7.26. The van der Waals surface area contributed by atoms with Gasteiger partial charge in [0.05, 0.1) is 29.1 Å². The van der Waals surface area contributed by atoms with Gasteiger partial charge in [-0.1, -0.05) is 49.9 Å². The Kier molecular flexibility index (Phi) is 12.9. The van der Waals surface area contributed by atoms with Crippen molar-refractivity contribution in [2.24, 2.45) is 0 Å². The predicted octanol–water partition coefficient (Wildman–Crippen LogP) is 7.04. The van der Waals surface area contributed by atoms with E-state index in [4.69, 9.17) is 32.2 Å². The summed E-state index contributed by atoms with van der Waals surface area (Å²) >= 11 is 15.7. The molecular formula is C19H28BrCl2N4O8P. The zero-order valence-corrected chi connectivity index (χ0v) is 23.4. The third kappa shape index (κ3) is 9.14. The van der Waals surface area contributed by atoms with E-state index in [1.54, 1.807) is 6.92 Å². The lowest BCUT2D eigenvalue weighted by atomic mass is 10.2. The van der Waals surface area contributed by atoms with Crippen molar-refractivity contribution in [1.82, 2.24) is 4.90 Å². The minimum atomic E-state index is -4.16. The average molecular weight is 622 g/mol. The van der Waals surface area contributed by atoms with Crippen molar-refractivity contribution in [3.63, 3.8) is 0 Å². The van der Waals surface area contributed by atoms with E-state index in [1.165, 1.54) is 0 Å². The van der Waals surface area contributed by atoms with E-state index in [1.807, 2.05) is 13.8 Å². The molecule has 1 aromatic rings. The van der Waals surface area contributed by atoms with Crippen LogP contribution in [0.1, 0.15) is 46.5 Å². The largest absolute Gasteiger partial charge is 0.357 e. The summed E-state index contributed by atoms with van der Waals surface area (Å²) in [5.74, 6) is -1.55. The van der Waals surface area contributed by atoms with Crippen molar-refractivity contribution in [3.05, 3.63) is 38.4 Å². The van der Waals surface area contributed by atoms with E-state index < -0.39 is 43.9 Å². The van der Waals surface area contributed by atoms with E-state index in [0.717, 1.165) is 29.9 Å². The number of alkyl halides is 3. The highest BCUT2D eigenvalue weighted by atomic mass is 79.9. The number of rotatable bonds is 15. The summed E-state index contributed by atoms with van der Waals surface area (Å²) in [6.07, 6.45) is 2.59. The smallest absolute Gasteiger partial charge is 0.307 e. The van der Waals surface area contributed by atoms with Gasteiger partial charge in [0.15, 0.2) is 5.78 Å². The highest BCUT2D eigenvalue weighted by molar-refractivity contribution is 9.11. The molecule has 0 bridgehead atoms. The Morgan fingerprint density at radius 1 is 1.14 bits per heavy atom. The Bertz CT molecular complexity index is 936. The maximum absolute atomic E-state index is 13.9. The topological polar surface area (TPSA) is 154 Å². The molecule has 0 aliphatic carbocycles. The van der Waals surface area contributed by atoms with Gasteiger partial charge in [0.1, 0.15) is 5.69 Å². The van der Waals surface area contributed by atoms with Gasteiger partial charge in [0.25, 0.3) is 11.4 Å². The molecule has 0 saturated carbocycles. The Balaban J connectivity index is 3.42. The van der Waals surface area contributed by atoms with Gasteiger partial charge < -0.3 is 19.3 Å². The molecular weight excluding hydrogens is 594 g/mol. The average Bonchev–Trinajstić information content (AvgIpc) is 2.76. The van der Waals surface area contributed by atoms with Gasteiger partial charge in [0.2, 0.25) is 3.24 Å². The van der Waals surface area contributed by atoms with E-state index in [-0.39, 0.29) is 25.4 Å². The Labute approximate surface area is 221 Å². The zero-order valence-electron chi connectivity index (χ0n) is 19.4. The fourth-order valence-corrected chi connectivity index (χ4v) is 6.93. The molecule has 2 amide bonds. The number of nitrogens with one attached hydrogen (secondary N) is 1. The van der Waals surface area contributed by atoms with Crippen LogP contribution in [0.15, 0.2) is 18.2 Å². The van der Waals surface area contributed by atoms with Gasteiger partial charge >= 0.3 is 13.6 Å². The fourth-order valence-electron chi connectivity index (χ4n) is 2.88. The molecule has 1 atom stereocenters. The summed E-state index contributed by atoms with van der Waals surface area (Å²) in [7, 11) is -4.16. The van der Waals surface area contributed by atoms with Crippen LogP contribution >= 0.6 is 46.7 Å². The number of carbonyl (C=O) groups excluding carboxylic acids is 1. The minimum absolute atomic E-state index is 0.0558. The van der Waals surface area contributed by atoms with Gasteiger partial charge in [-0.05, 0) is 41.8 Å². The lowest BCUT2D eigenvalue weighted by molar-refractivity contribution is -0.393. The molecule has 35 heavy (non-hydrogen) atoms. The van der Waals surface area contributed by atoms with Gasteiger partial charge in [-0.2, -0.15) is 0 Å². The first-order valence-electron chi connectivity index (χ1n) is 10.8. The van der Waals surface area contributed by atoms with Crippen LogP contribution in [0.5, 0.6) is 0 Å². The summed E-state index contributed by atoms with van der Waals surface area (Å²) in [5, 5.41) is 24.8. The number of anilines is 1. The van der Waals surface area contributed by atoms with Gasteiger partial charge in [-0.15, -0.1) is 0 Å². The van der Waals surface area contributed by atoms with Crippen molar-refractivity contribution in [2.75, 3.05) is 25.1 Å². The van der Waals surface area contributed by atoms with Crippen LogP contribution in [-0.2, 0) is 13.6 Å².